The molecule has 0 bridgehead atoms. The van der Waals surface area contributed by atoms with Crippen LogP contribution in [0.1, 0.15) is 11.7 Å². The Labute approximate surface area is 134 Å². The molecule has 0 saturated heterocycles. The smallest absolute Gasteiger partial charge is 0.242 e. The average molecular weight is 325 g/mol. The lowest BCUT2D eigenvalue weighted by molar-refractivity contribution is 0.583. The second-order valence-corrected chi connectivity index (χ2v) is 7.03. The van der Waals surface area contributed by atoms with Gasteiger partial charge in [-0.15, -0.1) is 0 Å². The minimum Gasteiger partial charge on any atom is -0.363 e. The number of para-hydroxylation sites is 2. The summed E-state index contributed by atoms with van der Waals surface area (Å²) < 4.78 is 29.1. The number of nitrogens with zero attached hydrogens (tertiary/aromatic N) is 1. The minimum atomic E-state index is -3.46. The molecule has 116 valence electrons. The highest BCUT2D eigenvalue weighted by molar-refractivity contribution is 7.89. The van der Waals surface area contributed by atoms with Crippen LogP contribution in [0.5, 0.6) is 0 Å². The van der Waals surface area contributed by atoms with Crippen LogP contribution in [-0.4, -0.2) is 13.0 Å². The number of anilines is 1. The van der Waals surface area contributed by atoms with E-state index in [1.807, 2.05) is 65.5 Å². The Morgan fingerprint density at radius 2 is 1.61 bits per heavy atom. The van der Waals surface area contributed by atoms with Crippen LogP contribution in [0, 0.1) is 0 Å². The second-order valence-electron chi connectivity index (χ2n) is 5.34. The molecule has 0 spiro atoms. The van der Waals surface area contributed by atoms with E-state index >= 15 is 0 Å². The molecular weight excluding hydrogens is 310 g/mol. The summed E-state index contributed by atoms with van der Waals surface area (Å²) in [5.74, 6) is 0. The molecule has 23 heavy (non-hydrogen) atoms. The number of sulfonamides is 1. The van der Waals surface area contributed by atoms with Gasteiger partial charge in [0.25, 0.3) is 0 Å². The van der Waals surface area contributed by atoms with E-state index in [4.69, 9.17) is 0 Å². The van der Waals surface area contributed by atoms with Gasteiger partial charge in [-0.05, 0) is 30.3 Å². The fourth-order valence-electron chi connectivity index (χ4n) is 2.82. The van der Waals surface area contributed by atoms with E-state index in [1.165, 1.54) is 0 Å². The molecule has 2 aromatic carbocycles. The summed E-state index contributed by atoms with van der Waals surface area (Å²) >= 11 is 0. The number of benzene rings is 2. The third-order valence-electron chi connectivity index (χ3n) is 3.88. The lowest BCUT2D eigenvalue weighted by atomic mass is 10.1. The van der Waals surface area contributed by atoms with Gasteiger partial charge in [0, 0.05) is 18.0 Å². The molecule has 0 radical (unpaired) electrons. The molecule has 1 unspecified atom stereocenters. The first-order valence-electron chi connectivity index (χ1n) is 7.25. The summed E-state index contributed by atoms with van der Waals surface area (Å²) in [6.45, 7) is 0. The fraction of sp³-hybridized carbons (Fsp3) is 0.0588. The van der Waals surface area contributed by atoms with Crippen LogP contribution in [0.4, 0.5) is 5.69 Å². The first-order chi connectivity index (χ1) is 11.1. The lowest BCUT2D eigenvalue weighted by Gasteiger charge is -2.18. The van der Waals surface area contributed by atoms with Crippen molar-refractivity contribution >= 4 is 15.7 Å². The number of fused-ring (bicyclic) bond motifs is 1. The van der Waals surface area contributed by atoms with Crippen LogP contribution in [0.2, 0.25) is 0 Å². The molecule has 0 fully saturated rings. The van der Waals surface area contributed by atoms with E-state index in [2.05, 4.69) is 10.0 Å². The van der Waals surface area contributed by atoms with Crippen LogP contribution < -0.4 is 10.0 Å². The van der Waals surface area contributed by atoms with Crippen molar-refractivity contribution in [1.29, 1.82) is 0 Å². The van der Waals surface area contributed by atoms with E-state index in [1.54, 1.807) is 12.1 Å². The number of hydrogen-bond acceptors (Lipinski definition) is 3. The highest BCUT2D eigenvalue weighted by Crippen LogP contribution is 2.32. The highest BCUT2D eigenvalue weighted by Gasteiger charge is 2.33. The van der Waals surface area contributed by atoms with Crippen molar-refractivity contribution in [3.63, 3.8) is 0 Å². The Morgan fingerprint density at radius 3 is 2.43 bits per heavy atom. The van der Waals surface area contributed by atoms with Gasteiger partial charge in [0.15, 0.2) is 0 Å². The summed E-state index contributed by atoms with van der Waals surface area (Å²) in [5.41, 5.74) is 2.55. The average Bonchev–Trinajstić information content (AvgIpc) is 3.16. The van der Waals surface area contributed by atoms with Gasteiger partial charge < -0.3 is 9.88 Å². The first kappa shape index (κ1) is 14.0. The van der Waals surface area contributed by atoms with Gasteiger partial charge >= 0.3 is 0 Å². The van der Waals surface area contributed by atoms with E-state index in [0.29, 0.717) is 4.90 Å². The third kappa shape index (κ3) is 2.42. The number of hydrogen-bond donors (Lipinski definition) is 2. The molecular formula is C17H15N3O2S. The van der Waals surface area contributed by atoms with Crippen molar-refractivity contribution < 1.29 is 8.42 Å². The maximum atomic E-state index is 12.2. The van der Waals surface area contributed by atoms with Crippen molar-refractivity contribution in [3.05, 3.63) is 78.6 Å². The minimum absolute atomic E-state index is 0.330. The SMILES string of the molecule is O=S1(=O)NC(Nc2ccccc2-n2cccc2)c2ccccc21. The Hall–Kier alpha value is -2.57. The van der Waals surface area contributed by atoms with Crippen LogP contribution in [0.25, 0.3) is 5.69 Å². The second kappa shape index (κ2) is 5.26. The summed E-state index contributed by atoms with van der Waals surface area (Å²) in [7, 11) is -3.46. The largest absolute Gasteiger partial charge is 0.363 e. The molecule has 5 nitrogen and oxygen atoms in total. The van der Waals surface area contributed by atoms with Crippen LogP contribution >= 0.6 is 0 Å². The molecule has 3 aromatic rings. The zero-order chi connectivity index (χ0) is 15.9. The topological polar surface area (TPSA) is 63.1 Å². The Bertz CT molecular complexity index is 949. The summed E-state index contributed by atoms with van der Waals surface area (Å²) in [4.78, 5) is 0.330. The number of aromatic nitrogens is 1. The maximum Gasteiger partial charge on any atom is 0.242 e. The lowest BCUT2D eigenvalue weighted by Crippen LogP contribution is -2.26. The summed E-state index contributed by atoms with van der Waals surface area (Å²) in [6.07, 6.45) is 3.42. The molecule has 1 aliphatic rings. The zero-order valence-corrected chi connectivity index (χ0v) is 13.0. The molecule has 1 aliphatic heterocycles. The molecule has 2 N–H and O–H groups in total. The van der Waals surface area contributed by atoms with E-state index in [9.17, 15) is 8.42 Å². The number of rotatable bonds is 3. The Morgan fingerprint density at radius 1 is 0.913 bits per heavy atom. The molecule has 0 saturated carbocycles. The van der Waals surface area contributed by atoms with Crippen LogP contribution in [0.3, 0.4) is 0 Å². The van der Waals surface area contributed by atoms with E-state index in [-0.39, 0.29) is 0 Å². The van der Waals surface area contributed by atoms with Gasteiger partial charge in [0.2, 0.25) is 10.0 Å². The normalized spacial score (nSPS) is 18.5. The van der Waals surface area contributed by atoms with Gasteiger partial charge in [-0.25, -0.2) is 8.42 Å². The van der Waals surface area contributed by atoms with Crippen molar-refractivity contribution in [2.24, 2.45) is 0 Å². The van der Waals surface area contributed by atoms with Gasteiger partial charge in [0.05, 0.1) is 16.3 Å². The summed E-state index contributed by atoms with van der Waals surface area (Å²) in [5, 5.41) is 3.30. The van der Waals surface area contributed by atoms with Gasteiger partial charge in [-0.1, -0.05) is 30.3 Å². The highest BCUT2D eigenvalue weighted by atomic mass is 32.2. The van der Waals surface area contributed by atoms with Crippen LogP contribution in [0.15, 0.2) is 78.0 Å². The number of nitrogens with one attached hydrogen (secondary N) is 2. The molecule has 1 aromatic heterocycles. The monoisotopic (exact) mass is 325 g/mol. The van der Waals surface area contributed by atoms with Crippen LogP contribution in [-0.2, 0) is 10.0 Å². The van der Waals surface area contributed by atoms with Gasteiger partial charge in [-0.3, -0.25) is 0 Å². The van der Waals surface area contributed by atoms with Crippen molar-refractivity contribution in [1.82, 2.24) is 9.29 Å². The third-order valence-corrected chi connectivity index (χ3v) is 5.38. The van der Waals surface area contributed by atoms with E-state index in [0.717, 1.165) is 16.9 Å². The van der Waals surface area contributed by atoms with E-state index < -0.39 is 16.2 Å². The predicted molar refractivity (Wildman–Crippen MR) is 88.9 cm³/mol. The van der Waals surface area contributed by atoms with Crippen molar-refractivity contribution in [3.8, 4) is 5.69 Å². The maximum absolute atomic E-state index is 12.2. The standard InChI is InChI=1S/C17H15N3O2S/c21-23(22)16-10-4-1-7-13(16)17(19-23)18-14-8-2-3-9-15(14)20-11-5-6-12-20/h1-12,17-19H. The first-order valence-corrected chi connectivity index (χ1v) is 8.74. The van der Waals surface area contributed by atoms with Crippen molar-refractivity contribution in [2.45, 2.75) is 11.1 Å². The summed E-state index contributed by atoms with van der Waals surface area (Å²) in [6, 6.07) is 18.7. The van der Waals surface area contributed by atoms with Crippen molar-refractivity contribution in [2.75, 3.05) is 5.32 Å². The Balaban J connectivity index is 1.74. The molecule has 2 heterocycles. The molecule has 0 amide bonds. The zero-order valence-electron chi connectivity index (χ0n) is 12.2. The molecule has 1 atom stereocenters. The molecule has 0 aliphatic carbocycles. The molecule has 6 heteroatoms. The quantitative estimate of drug-likeness (QED) is 0.778. The predicted octanol–water partition coefficient (Wildman–Crippen LogP) is 2.88. The fourth-order valence-corrected chi connectivity index (χ4v) is 4.20. The van der Waals surface area contributed by atoms with Gasteiger partial charge in [-0.2, -0.15) is 4.72 Å². The Kier molecular flexibility index (Phi) is 3.21. The molecule has 4 rings (SSSR count). The van der Waals surface area contributed by atoms with Gasteiger partial charge in [0.1, 0.15) is 6.17 Å².